The van der Waals surface area contributed by atoms with Crippen molar-refractivity contribution in [3.05, 3.63) is 95.7 Å². The van der Waals surface area contributed by atoms with Gasteiger partial charge in [-0.15, -0.1) is 0 Å². The van der Waals surface area contributed by atoms with Crippen molar-refractivity contribution in [2.45, 2.75) is 32.3 Å². The number of anilines is 2. The van der Waals surface area contributed by atoms with Crippen molar-refractivity contribution in [1.29, 1.82) is 0 Å². The summed E-state index contributed by atoms with van der Waals surface area (Å²) < 4.78 is 18.6. The van der Waals surface area contributed by atoms with E-state index < -0.39 is 7.14 Å². The van der Waals surface area contributed by atoms with Crippen molar-refractivity contribution in [2.75, 3.05) is 17.2 Å². The van der Waals surface area contributed by atoms with Crippen molar-refractivity contribution in [3.8, 4) is 0 Å². The highest BCUT2D eigenvalue weighted by molar-refractivity contribution is 7.63. The third-order valence-corrected chi connectivity index (χ3v) is 9.70. The lowest BCUT2D eigenvalue weighted by Gasteiger charge is -2.25. The molecule has 0 atom stereocenters. The lowest BCUT2D eigenvalue weighted by atomic mass is 10.1. The molecule has 0 unspecified atom stereocenters. The number of rotatable bonds is 5. The third-order valence-electron chi connectivity index (χ3n) is 6.49. The second-order valence-electron chi connectivity index (χ2n) is 9.04. The molecule has 0 aliphatic carbocycles. The first-order valence-electron chi connectivity index (χ1n) is 11.6. The first kappa shape index (κ1) is 21.7. The van der Waals surface area contributed by atoms with Crippen LogP contribution in [0.25, 0.3) is 11.0 Å². The van der Waals surface area contributed by atoms with Gasteiger partial charge in [0.25, 0.3) is 5.91 Å². The molecule has 168 valence electrons. The second-order valence-corrected chi connectivity index (χ2v) is 12.4. The van der Waals surface area contributed by atoms with Crippen molar-refractivity contribution < 1.29 is 13.8 Å². The Kier molecular flexibility index (Phi) is 5.95. The van der Waals surface area contributed by atoms with E-state index in [9.17, 15) is 9.36 Å². The molecule has 1 saturated heterocycles. The topological polar surface area (TPSA) is 50.5 Å². The molecule has 0 bridgehead atoms. The molecule has 1 amide bonds. The number of hydrogen-bond acceptors (Lipinski definition) is 3. The first-order chi connectivity index (χ1) is 16.0. The summed E-state index contributed by atoms with van der Waals surface area (Å²) >= 11 is 0. The molecule has 1 aromatic heterocycles. The van der Waals surface area contributed by atoms with Gasteiger partial charge >= 0.3 is 0 Å². The summed E-state index contributed by atoms with van der Waals surface area (Å²) in [6, 6.07) is 23.3. The smallest absolute Gasteiger partial charge is 0.262 e. The number of benzene rings is 3. The summed E-state index contributed by atoms with van der Waals surface area (Å²) in [5.41, 5.74) is 5.18. The molecule has 1 aliphatic heterocycles. The Balaban J connectivity index is 1.48. The van der Waals surface area contributed by atoms with Gasteiger partial charge in [0.15, 0.2) is 0 Å². The van der Waals surface area contributed by atoms with Crippen LogP contribution in [0, 0.1) is 6.92 Å². The summed E-state index contributed by atoms with van der Waals surface area (Å²) in [5.74, 6) is -0.102. The molecule has 3 aromatic carbocycles. The monoisotopic (exact) mass is 457 g/mol. The second kappa shape index (κ2) is 9.03. The maximum Gasteiger partial charge on any atom is 0.262 e. The molecule has 0 spiro atoms. The van der Waals surface area contributed by atoms with Crippen LogP contribution < -0.4 is 4.90 Å². The van der Waals surface area contributed by atoms with Crippen molar-refractivity contribution in [1.82, 2.24) is 0 Å². The molecule has 1 fully saturated rings. The van der Waals surface area contributed by atoms with Gasteiger partial charge in [0.1, 0.15) is 5.58 Å². The highest BCUT2D eigenvalue weighted by Gasteiger charge is 2.26. The molecule has 0 N–H and O–H groups in total. The fourth-order valence-corrected chi connectivity index (χ4v) is 7.65. The summed E-state index contributed by atoms with van der Waals surface area (Å²) in [6.07, 6.45) is 7.35. The molecule has 4 aromatic rings. The van der Waals surface area contributed by atoms with E-state index in [1.807, 2.05) is 73.7 Å². The number of furan rings is 1. The zero-order valence-corrected chi connectivity index (χ0v) is 19.8. The van der Waals surface area contributed by atoms with Gasteiger partial charge in [0.2, 0.25) is 0 Å². The Hall–Kier alpha value is -3.10. The average molecular weight is 458 g/mol. The number of aryl methyl sites for hydroxylation is 1. The highest BCUT2D eigenvalue weighted by Crippen LogP contribution is 2.53. The molecule has 33 heavy (non-hydrogen) atoms. The SMILES string of the molecule is Cc1ccc(N(C(=O)c2ccc3occc3c2)c2ccc(CP3(=O)CCCCC3)cc2)cc1. The van der Waals surface area contributed by atoms with Crippen LogP contribution in [0.1, 0.15) is 40.7 Å². The van der Waals surface area contributed by atoms with E-state index in [0.29, 0.717) is 11.7 Å². The molecule has 4 nitrogen and oxygen atoms in total. The molecular weight excluding hydrogens is 429 g/mol. The number of hydrogen-bond donors (Lipinski definition) is 0. The number of amides is 1. The maximum absolute atomic E-state index is 13.7. The Morgan fingerprint density at radius 2 is 1.55 bits per heavy atom. The Bertz CT molecular complexity index is 1310. The van der Waals surface area contributed by atoms with E-state index in [0.717, 1.165) is 58.6 Å². The Morgan fingerprint density at radius 3 is 2.24 bits per heavy atom. The quantitative estimate of drug-likeness (QED) is 0.288. The van der Waals surface area contributed by atoms with E-state index in [1.54, 1.807) is 17.2 Å². The predicted octanol–water partition coefficient (Wildman–Crippen LogP) is 7.77. The van der Waals surface area contributed by atoms with E-state index in [-0.39, 0.29) is 5.91 Å². The molecule has 5 rings (SSSR count). The van der Waals surface area contributed by atoms with Crippen LogP contribution in [0.2, 0.25) is 0 Å². The minimum atomic E-state index is -2.11. The Morgan fingerprint density at radius 1 is 0.879 bits per heavy atom. The summed E-state index contributed by atoms with van der Waals surface area (Å²) in [6.45, 7) is 2.03. The van der Waals surface area contributed by atoms with E-state index in [4.69, 9.17) is 4.42 Å². The fraction of sp³-hybridized carbons (Fsp3) is 0.250. The van der Waals surface area contributed by atoms with Crippen molar-refractivity contribution in [2.24, 2.45) is 0 Å². The van der Waals surface area contributed by atoms with Crippen LogP contribution in [0.15, 0.2) is 83.5 Å². The summed E-state index contributed by atoms with van der Waals surface area (Å²) in [4.78, 5) is 15.4. The van der Waals surface area contributed by atoms with E-state index in [1.165, 1.54) is 6.42 Å². The van der Waals surface area contributed by atoms with Gasteiger partial charge in [-0.2, -0.15) is 0 Å². The fourth-order valence-electron chi connectivity index (χ4n) is 4.64. The van der Waals surface area contributed by atoms with Crippen LogP contribution in [0.5, 0.6) is 0 Å². The maximum atomic E-state index is 13.7. The van der Waals surface area contributed by atoms with Crippen LogP contribution >= 0.6 is 7.14 Å². The molecular formula is C28H28NO3P. The van der Waals surface area contributed by atoms with E-state index in [2.05, 4.69) is 0 Å². The highest BCUT2D eigenvalue weighted by atomic mass is 31.2. The molecule has 2 heterocycles. The average Bonchev–Trinajstić information content (AvgIpc) is 3.30. The zero-order valence-electron chi connectivity index (χ0n) is 18.9. The summed E-state index contributed by atoms with van der Waals surface area (Å²) in [5, 5.41) is 0.900. The van der Waals surface area contributed by atoms with Gasteiger partial charge in [-0.05, 0) is 73.9 Å². The molecule has 5 heteroatoms. The summed E-state index contributed by atoms with van der Waals surface area (Å²) in [7, 11) is -2.11. The normalized spacial score (nSPS) is 15.4. The number of carbonyl (C=O) groups is 1. The van der Waals surface area contributed by atoms with Gasteiger partial charge in [0.05, 0.1) is 13.4 Å². The van der Waals surface area contributed by atoms with Crippen LogP contribution in [-0.4, -0.2) is 18.2 Å². The van der Waals surface area contributed by atoms with Gasteiger partial charge in [-0.3, -0.25) is 9.69 Å². The van der Waals surface area contributed by atoms with Crippen molar-refractivity contribution >= 4 is 35.4 Å². The van der Waals surface area contributed by atoms with Gasteiger partial charge < -0.3 is 8.98 Å². The largest absolute Gasteiger partial charge is 0.464 e. The van der Waals surface area contributed by atoms with E-state index >= 15 is 0 Å². The van der Waals surface area contributed by atoms with Crippen molar-refractivity contribution in [3.63, 3.8) is 0 Å². The molecule has 0 radical (unpaired) electrons. The lowest BCUT2D eigenvalue weighted by molar-refractivity contribution is 0.0999. The lowest BCUT2D eigenvalue weighted by Crippen LogP contribution is -2.26. The van der Waals surface area contributed by atoms with Gasteiger partial charge in [-0.25, -0.2) is 0 Å². The minimum Gasteiger partial charge on any atom is -0.464 e. The van der Waals surface area contributed by atoms with Gasteiger partial charge in [-0.1, -0.05) is 36.2 Å². The van der Waals surface area contributed by atoms with Gasteiger partial charge in [0, 0.05) is 40.8 Å². The molecule has 1 aliphatic rings. The minimum absolute atomic E-state index is 0.102. The first-order valence-corrected chi connectivity index (χ1v) is 13.8. The number of fused-ring (bicyclic) bond motifs is 1. The standard InChI is InChI=1S/C28H28NO3P/c1-21-5-10-25(11-6-21)29(28(30)24-9-14-27-23(19-24)15-16-32-27)26-12-7-22(8-13-26)20-33(31)17-3-2-4-18-33/h5-16,19H,2-4,17-18,20H2,1H3. The third kappa shape index (κ3) is 4.67. The van der Waals surface area contributed by atoms with Crippen LogP contribution in [0.3, 0.4) is 0 Å². The van der Waals surface area contributed by atoms with Crippen LogP contribution in [0.4, 0.5) is 11.4 Å². The van der Waals surface area contributed by atoms with Crippen LogP contribution in [-0.2, 0) is 10.7 Å². The Labute approximate surface area is 194 Å². The number of nitrogens with zero attached hydrogens (tertiary/aromatic N) is 1. The zero-order chi connectivity index (χ0) is 22.8. The molecule has 0 saturated carbocycles. The number of carbonyl (C=O) groups excluding carboxylic acids is 1. The predicted molar refractivity (Wildman–Crippen MR) is 135 cm³/mol.